The number of fused-ring (bicyclic) bond motifs is 1. The van der Waals surface area contributed by atoms with Gasteiger partial charge in [-0.3, -0.25) is 0 Å². The molecule has 1 saturated heterocycles. The van der Waals surface area contributed by atoms with Crippen molar-refractivity contribution in [3.05, 3.63) is 0 Å². The fraction of sp³-hybridized carbons (Fsp3) is 1.00. The first-order valence-electron chi connectivity index (χ1n) is 5.54. The first-order chi connectivity index (χ1) is 5.97. The van der Waals surface area contributed by atoms with Gasteiger partial charge in [0, 0.05) is 13.2 Å². The highest BCUT2D eigenvalue weighted by atomic mass is 16.5. The quantitative estimate of drug-likeness (QED) is 0.543. The summed E-state index contributed by atoms with van der Waals surface area (Å²) in [4.78, 5) is 0. The zero-order valence-electron chi connectivity index (χ0n) is 9.10. The van der Waals surface area contributed by atoms with E-state index in [4.69, 9.17) is 4.74 Å². The first-order valence-corrected chi connectivity index (χ1v) is 5.54. The largest absolute Gasteiger partial charge is 0.381 e. The van der Waals surface area contributed by atoms with Gasteiger partial charge in [-0.15, -0.1) is 0 Å². The van der Waals surface area contributed by atoms with Gasteiger partial charge in [0.25, 0.3) is 0 Å². The van der Waals surface area contributed by atoms with Crippen molar-refractivity contribution in [2.75, 3.05) is 13.2 Å². The molecule has 0 aromatic heterocycles. The molecule has 2 fully saturated rings. The maximum absolute atomic E-state index is 5.31. The minimum atomic E-state index is 0.954. The summed E-state index contributed by atoms with van der Waals surface area (Å²) in [6.45, 7) is 10.1. The maximum atomic E-state index is 5.31. The zero-order valence-corrected chi connectivity index (χ0v) is 9.10. The Bertz CT molecular complexity index is 71.0. The SMILES string of the molecule is C1CC2COCC2C1.CC.CC. The smallest absolute Gasteiger partial charge is 0.0497 e. The van der Waals surface area contributed by atoms with Gasteiger partial charge >= 0.3 is 0 Å². The van der Waals surface area contributed by atoms with Gasteiger partial charge in [0.05, 0.1) is 0 Å². The predicted molar refractivity (Wildman–Crippen MR) is 54.3 cm³/mol. The fourth-order valence-corrected chi connectivity index (χ4v) is 1.92. The number of ether oxygens (including phenoxy) is 1. The van der Waals surface area contributed by atoms with Gasteiger partial charge < -0.3 is 4.74 Å². The van der Waals surface area contributed by atoms with E-state index < -0.39 is 0 Å². The lowest BCUT2D eigenvalue weighted by molar-refractivity contribution is 0.173. The predicted octanol–water partition coefficient (Wildman–Crippen LogP) is 3.49. The van der Waals surface area contributed by atoms with E-state index in [9.17, 15) is 0 Å². The highest BCUT2D eigenvalue weighted by molar-refractivity contribution is 4.80. The van der Waals surface area contributed by atoms with Crippen LogP contribution in [0.15, 0.2) is 0 Å². The third kappa shape index (κ3) is 3.14. The molecule has 0 aromatic rings. The second kappa shape index (κ2) is 7.60. The van der Waals surface area contributed by atoms with E-state index in [1.165, 1.54) is 19.3 Å². The third-order valence-electron chi connectivity index (χ3n) is 2.48. The van der Waals surface area contributed by atoms with Crippen molar-refractivity contribution >= 4 is 0 Å². The van der Waals surface area contributed by atoms with Crippen LogP contribution in [0.3, 0.4) is 0 Å². The van der Waals surface area contributed by atoms with Crippen LogP contribution >= 0.6 is 0 Å². The average molecular weight is 172 g/mol. The van der Waals surface area contributed by atoms with Crippen LogP contribution < -0.4 is 0 Å². The van der Waals surface area contributed by atoms with Crippen molar-refractivity contribution in [2.45, 2.75) is 47.0 Å². The molecule has 2 unspecified atom stereocenters. The molecule has 0 aromatic carbocycles. The fourth-order valence-electron chi connectivity index (χ4n) is 1.92. The molecular formula is C11H24O. The Balaban J connectivity index is 0.000000269. The maximum Gasteiger partial charge on any atom is 0.0497 e. The standard InChI is InChI=1S/C7H12O.2C2H6/c1-2-6-4-8-5-7(6)3-1;2*1-2/h6-7H,1-5H2;2*1-2H3. The van der Waals surface area contributed by atoms with E-state index in [2.05, 4.69) is 0 Å². The Labute approximate surface area is 77.5 Å². The molecule has 1 nitrogen and oxygen atoms in total. The Kier molecular flexibility index (Phi) is 7.58. The second-order valence-corrected chi connectivity index (χ2v) is 2.99. The molecule has 0 bridgehead atoms. The minimum absolute atomic E-state index is 0.954. The Hall–Kier alpha value is -0.0400. The van der Waals surface area contributed by atoms with E-state index in [-0.39, 0.29) is 0 Å². The summed E-state index contributed by atoms with van der Waals surface area (Å²) in [5.41, 5.74) is 0. The van der Waals surface area contributed by atoms with Gasteiger partial charge in [-0.25, -0.2) is 0 Å². The Morgan fingerprint density at radius 3 is 1.67 bits per heavy atom. The zero-order chi connectivity index (χ0) is 9.40. The van der Waals surface area contributed by atoms with E-state index in [1.54, 1.807) is 0 Å². The Morgan fingerprint density at radius 2 is 1.25 bits per heavy atom. The highest BCUT2D eigenvalue weighted by Crippen LogP contribution is 2.35. The van der Waals surface area contributed by atoms with Crippen molar-refractivity contribution in [3.63, 3.8) is 0 Å². The first kappa shape index (κ1) is 12.0. The lowest BCUT2D eigenvalue weighted by Crippen LogP contribution is -2.01. The Morgan fingerprint density at radius 1 is 0.833 bits per heavy atom. The lowest BCUT2D eigenvalue weighted by Gasteiger charge is -2.01. The van der Waals surface area contributed by atoms with Crippen molar-refractivity contribution < 1.29 is 4.74 Å². The molecule has 2 rings (SSSR count). The lowest BCUT2D eigenvalue weighted by atomic mass is 10.0. The molecule has 0 amide bonds. The normalized spacial score (nSPS) is 31.0. The van der Waals surface area contributed by atoms with Gasteiger partial charge in [-0.2, -0.15) is 0 Å². The van der Waals surface area contributed by atoms with Crippen LogP contribution in [0.1, 0.15) is 47.0 Å². The summed E-state index contributed by atoms with van der Waals surface area (Å²) in [6.07, 6.45) is 4.33. The molecule has 0 spiro atoms. The van der Waals surface area contributed by atoms with Crippen molar-refractivity contribution in [1.29, 1.82) is 0 Å². The van der Waals surface area contributed by atoms with E-state index in [0.717, 1.165) is 25.0 Å². The molecular weight excluding hydrogens is 148 g/mol. The van der Waals surface area contributed by atoms with Gasteiger partial charge in [0.2, 0.25) is 0 Å². The molecule has 74 valence electrons. The molecule has 0 radical (unpaired) electrons. The molecule has 2 atom stereocenters. The summed E-state index contributed by atoms with van der Waals surface area (Å²) in [7, 11) is 0. The van der Waals surface area contributed by atoms with Crippen LogP contribution in [0.2, 0.25) is 0 Å². The van der Waals surface area contributed by atoms with Crippen molar-refractivity contribution in [2.24, 2.45) is 11.8 Å². The van der Waals surface area contributed by atoms with Crippen molar-refractivity contribution in [1.82, 2.24) is 0 Å². The van der Waals surface area contributed by atoms with Gasteiger partial charge in [-0.05, 0) is 24.7 Å². The number of hydrogen-bond acceptors (Lipinski definition) is 1. The third-order valence-corrected chi connectivity index (χ3v) is 2.48. The number of rotatable bonds is 0. The van der Waals surface area contributed by atoms with Crippen molar-refractivity contribution in [3.8, 4) is 0 Å². The minimum Gasteiger partial charge on any atom is -0.381 e. The van der Waals surface area contributed by atoms with E-state index in [1.807, 2.05) is 27.7 Å². The van der Waals surface area contributed by atoms with Crippen LogP contribution in [0.25, 0.3) is 0 Å². The summed E-state index contributed by atoms with van der Waals surface area (Å²) >= 11 is 0. The van der Waals surface area contributed by atoms with Crippen LogP contribution in [0, 0.1) is 11.8 Å². The molecule has 1 aliphatic heterocycles. The topological polar surface area (TPSA) is 9.23 Å². The summed E-state index contributed by atoms with van der Waals surface area (Å²) < 4.78 is 5.31. The van der Waals surface area contributed by atoms with Crippen LogP contribution in [0.5, 0.6) is 0 Å². The second-order valence-electron chi connectivity index (χ2n) is 2.99. The molecule has 0 N–H and O–H groups in total. The highest BCUT2D eigenvalue weighted by Gasteiger charge is 2.31. The molecule has 1 saturated carbocycles. The van der Waals surface area contributed by atoms with Gasteiger partial charge in [0.15, 0.2) is 0 Å². The number of hydrogen-bond donors (Lipinski definition) is 0. The van der Waals surface area contributed by atoms with Gasteiger partial charge in [-0.1, -0.05) is 34.1 Å². The van der Waals surface area contributed by atoms with Gasteiger partial charge in [0.1, 0.15) is 0 Å². The molecule has 2 aliphatic rings. The molecule has 1 heterocycles. The summed E-state index contributed by atoms with van der Waals surface area (Å²) in [5.74, 6) is 1.91. The van der Waals surface area contributed by atoms with E-state index in [0.29, 0.717) is 0 Å². The monoisotopic (exact) mass is 172 g/mol. The molecule has 12 heavy (non-hydrogen) atoms. The van der Waals surface area contributed by atoms with Crippen LogP contribution in [-0.2, 0) is 4.74 Å². The summed E-state index contributed by atoms with van der Waals surface area (Å²) in [6, 6.07) is 0. The van der Waals surface area contributed by atoms with Crippen LogP contribution in [0.4, 0.5) is 0 Å². The molecule has 1 aliphatic carbocycles. The summed E-state index contributed by atoms with van der Waals surface area (Å²) in [5, 5.41) is 0. The average Bonchev–Trinajstić information content (AvgIpc) is 2.72. The van der Waals surface area contributed by atoms with Crippen LogP contribution in [-0.4, -0.2) is 13.2 Å². The van der Waals surface area contributed by atoms with E-state index >= 15 is 0 Å². The molecule has 1 heteroatoms.